The highest BCUT2D eigenvalue weighted by Gasteiger charge is 2.48. The monoisotopic (exact) mass is 181 g/mol. The summed E-state index contributed by atoms with van der Waals surface area (Å²) in [5, 5.41) is 3.39. The van der Waals surface area contributed by atoms with Crippen molar-refractivity contribution in [1.82, 2.24) is 5.32 Å². The molecular weight excluding hydrogens is 162 g/mol. The van der Waals surface area contributed by atoms with Gasteiger partial charge >= 0.3 is 0 Å². The van der Waals surface area contributed by atoms with Gasteiger partial charge in [0.05, 0.1) is 12.1 Å². The molecule has 1 spiro atoms. The molecule has 74 valence electrons. The molecule has 0 radical (unpaired) electrons. The number of hydrogen-bond donors (Lipinski definition) is 2. The van der Waals surface area contributed by atoms with Gasteiger partial charge in [0, 0.05) is 0 Å². The van der Waals surface area contributed by atoms with Crippen molar-refractivity contribution >= 4 is 5.96 Å². The lowest BCUT2D eigenvalue weighted by molar-refractivity contribution is 0.0957. The molecule has 3 heteroatoms. The van der Waals surface area contributed by atoms with Crippen molar-refractivity contribution in [3.05, 3.63) is 0 Å². The van der Waals surface area contributed by atoms with Gasteiger partial charge in [-0.3, -0.25) is 4.99 Å². The van der Waals surface area contributed by atoms with E-state index < -0.39 is 0 Å². The van der Waals surface area contributed by atoms with Crippen LogP contribution in [0.3, 0.4) is 0 Å². The second kappa shape index (κ2) is 2.63. The van der Waals surface area contributed by atoms with Crippen molar-refractivity contribution < 1.29 is 0 Å². The van der Waals surface area contributed by atoms with Gasteiger partial charge in [0.2, 0.25) is 0 Å². The van der Waals surface area contributed by atoms with Crippen LogP contribution in [0.25, 0.3) is 0 Å². The first-order valence-electron chi connectivity index (χ1n) is 5.14. The highest BCUT2D eigenvalue weighted by atomic mass is 15.2. The molecule has 0 aromatic rings. The van der Waals surface area contributed by atoms with Crippen molar-refractivity contribution in [1.29, 1.82) is 0 Å². The summed E-state index contributed by atoms with van der Waals surface area (Å²) in [7, 11) is 0. The summed E-state index contributed by atoms with van der Waals surface area (Å²) in [6.45, 7) is 5.52. The standard InChI is InChI=1S/C10H19N3/c1-9(2)5-3-4-6-10(9)7-12-8(11)13-10/h3-7H2,1-2H3,(H3,11,12,13). The molecule has 0 bridgehead atoms. The fourth-order valence-corrected chi connectivity index (χ4v) is 2.64. The van der Waals surface area contributed by atoms with Crippen molar-refractivity contribution in [3.63, 3.8) is 0 Å². The lowest BCUT2D eigenvalue weighted by Crippen LogP contribution is -2.59. The number of guanidine groups is 1. The molecule has 2 aliphatic rings. The summed E-state index contributed by atoms with van der Waals surface area (Å²) in [5.41, 5.74) is 6.19. The van der Waals surface area contributed by atoms with E-state index in [-0.39, 0.29) is 5.54 Å². The maximum absolute atomic E-state index is 5.70. The summed E-state index contributed by atoms with van der Waals surface area (Å²) >= 11 is 0. The molecule has 1 aliphatic carbocycles. The van der Waals surface area contributed by atoms with Gasteiger partial charge in [-0.1, -0.05) is 26.7 Å². The second-order valence-electron chi connectivity index (χ2n) is 5.00. The van der Waals surface area contributed by atoms with Gasteiger partial charge in [-0.05, 0) is 18.3 Å². The molecule has 1 unspecified atom stereocenters. The first-order valence-corrected chi connectivity index (χ1v) is 5.14. The number of nitrogens with zero attached hydrogens (tertiary/aromatic N) is 1. The third-order valence-electron chi connectivity index (χ3n) is 3.84. The summed E-state index contributed by atoms with van der Waals surface area (Å²) < 4.78 is 0. The number of nitrogens with two attached hydrogens (primary N) is 1. The number of aliphatic imine (C=N–C) groups is 1. The van der Waals surface area contributed by atoms with Gasteiger partial charge in [-0.25, -0.2) is 0 Å². The van der Waals surface area contributed by atoms with Crippen LogP contribution in [-0.2, 0) is 0 Å². The van der Waals surface area contributed by atoms with Crippen molar-refractivity contribution in [2.45, 2.75) is 45.1 Å². The average molecular weight is 181 g/mol. The quantitative estimate of drug-likeness (QED) is 0.591. The van der Waals surface area contributed by atoms with Crippen LogP contribution in [0, 0.1) is 5.41 Å². The Morgan fingerprint density at radius 1 is 1.31 bits per heavy atom. The summed E-state index contributed by atoms with van der Waals surface area (Å²) in [5.74, 6) is 0.634. The fraction of sp³-hybridized carbons (Fsp3) is 0.900. The molecule has 3 nitrogen and oxygen atoms in total. The van der Waals surface area contributed by atoms with Gasteiger partial charge in [-0.2, -0.15) is 0 Å². The van der Waals surface area contributed by atoms with Gasteiger partial charge in [0.1, 0.15) is 0 Å². The van der Waals surface area contributed by atoms with Crippen LogP contribution in [0.2, 0.25) is 0 Å². The smallest absolute Gasteiger partial charge is 0.189 e. The largest absolute Gasteiger partial charge is 0.370 e. The second-order valence-corrected chi connectivity index (χ2v) is 5.00. The molecule has 0 saturated heterocycles. The minimum Gasteiger partial charge on any atom is -0.370 e. The van der Waals surface area contributed by atoms with Gasteiger partial charge in [-0.15, -0.1) is 0 Å². The van der Waals surface area contributed by atoms with E-state index in [2.05, 4.69) is 24.2 Å². The van der Waals surface area contributed by atoms with E-state index in [1.54, 1.807) is 0 Å². The Morgan fingerprint density at radius 2 is 2.00 bits per heavy atom. The van der Waals surface area contributed by atoms with Crippen LogP contribution in [0.15, 0.2) is 4.99 Å². The minimum atomic E-state index is 0.162. The van der Waals surface area contributed by atoms with Crippen LogP contribution in [0.5, 0.6) is 0 Å². The molecule has 0 amide bonds. The van der Waals surface area contributed by atoms with Crippen LogP contribution in [0.4, 0.5) is 0 Å². The van der Waals surface area contributed by atoms with Gasteiger partial charge < -0.3 is 11.1 Å². The maximum Gasteiger partial charge on any atom is 0.189 e. The predicted molar refractivity (Wildman–Crippen MR) is 54.6 cm³/mol. The van der Waals surface area contributed by atoms with E-state index in [1.807, 2.05) is 0 Å². The van der Waals surface area contributed by atoms with Gasteiger partial charge in [0.25, 0.3) is 0 Å². The topological polar surface area (TPSA) is 50.4 Å². The molecule has 1 heterocycles. The van der Waals surface area contributed by atoms with Crippen LogP contribution in [-0.4, -0.2) is 18.0 Å². The molecule has 0 aromatic heterocycles. The van der Waals surface area contributed by atoms with Crippen LogP contribution in [0.1, 0.15) is 39.5 Å². The Bertz CT molecular complexity index is 245. The van der Waals surface area contributed by atoms with Crippen molar-refractivity contribution in [2.75, 3.05) is 6.54 Å². The molecule has 3 N–H and O–H groups in total. The van der Waals surface area contributed by atoms with Crippen molar-refractivity contribution in [2.24, 2.45) is 16.1 Å². The fourth-order valence-electron chi connectivity index (χ4n) is 2.64. The van der Waals surface area contributed by atoms with E-state index in [0.717, 1.165) is 6.54 Å². The average Bonchev–Trinajstić information content (AvgIpc) is 2.41. The number of rotatable bonds is 0. The molecule has 1 saturated carbocycles. The van der Waals surface area contributed by atoms with E-state index in [9.17, 15) is 0 Å². The van der Waals surface area contributed by atoms with E-state index in [4.69, 9.17) is 5.73 Å². The number of nitrogens with one attached hydrogen (secondary N) is 1. The molecule has 1 atom stereocenters. The zero-order valence-corrected chi connectivity index (χ0v) is 8.56. The Morgan fingerprint density at radius 3 is 2.54 bits per heavy atom. The minimum absolute atomic E-state index is 0.162. The summed E-state index contributed by atoms with van der Waals surface area (Å²) in [4.78, 5) is 4.29. The molecule has 1 fully saturated rings. The Labute approximate surface area is 79.8 Å². The highest BCUT2D eigenvalue weighted by Crippen LogP contribution is 2.45. The molecule has 0 aromatic carbocycles. The zero-order valence-electron chi connectivity index (χ0n) is 8.56. The van der Waals surface area contributed by atoms with Crippen LogP contribution < -0.4 is 11.1 Å². The number of hydrogen-bond acceptors (Lipinski definition) is 3. The van der Waals surface area contributed by atoms with E-state index in [0.29, 0.717) is 11.4 Å². The third kappa shape index (κ3) is 1.21. The normalized spacial score (nSPS) is 37.2. The van der Waals surface area contributed by atoms with Gasteiger partial charge in [0.15, 0.2) is 5.96 Å². The SMILES string of the molecule is CC1(C)CCCCC12CN=C(N)N2. The Kier molecular flexibility index (Phi) is 1.79. The van der Waals surface area contributed by atoms with Crippen LogP contribution >= 0.6 is 0 Å². The Balaban J connectivity index is 2.21. The Hall–Kier alpha value is -0.730. The first-order chi connectivity index (χ1) is 6.06. The zero-order chi connectivity index (χ0) is 9.53. The lowest BCUT2D eigenvalue weighted by Gasteiger charge is -2.47. The molecule has 1 aliphatic heterocycles. The summed E-state index contributed by atoms with van der Waals surface area (Å²) in [6, 6.07) is 0. The highest BCUT2D eigenvalue weighted by molar-refractivity contribution is 5.81. The van der Waals surface area contributed by atoms with Crippen molar-refractivity contribution in [3.8, 4) is 0 Å². The summed E-state index contributed by atoms with van der Waals surface area (Å²) in [6.07, 6.45) is 5.14. The maximum atomic E-state index is 5.70. The predicted octanol–water partition coefficient (Wildman–Crippen LogP) is 1.24. The third-order valence-corrected chi connectivity index (χ3v) is 3.84. The molecule has 2 rings (SSSR count). The lowest BCUT2D eigenvalue weighted by atomic mass is 9.63. The van der Waals surface area contributed by atoms with E-state index >= 15 is 0 Å². The molecular formula is C10H19N3. The van der Waals surface area contributed by atoms with E-state index in [1.165, 1.54) is 25.7 Å². The molecule has 13 heavy (non-hydrogen) atoms. The first kappa shape index (κ1) is 8.85.